The minimum absolute atomic E-state index is 0.0310. The molecule has 1 saturated carbocycles. The molecule has 0 saturated heterocycles. The monoisotopic (exact) mass is 521 g/mol. The van der Waals surface area contributed by atoms with Gasteiger partial charge < -0.3 is 24.3 Å². The first-order chi connectivity index (χ1) is 17.9. The minimum Gasteiger partial charge on any atom is -0.448 e. The summed E-state index contributed by atoms with van der Waals surface area (Å²) in [6.45, 7) is 13.1. The van der Waals surface area contributed by atoms with Gasteiger partial charge in [-0.2, -0.15) is 0 Å². The second kappa shape index (κ2) is 9.74. The van der Waals surface area contributed by atoms with E-state index in [-0.39, 0.29) is 17.4 Å². The second-order valence-corrected chi connectivity index (χ2v) is 12.3. The van der Waals surface area contributed by atoms with Crippen LogP contribution in [0.3, 0.4) is 0 Å². The number of pyridine rings is 1. The molecule has 1 fully saturated rings. The molecule has 2 aliphatic heterocycles. The van der Waals surface area contributed by atoms with E-state index in [9.17, 15) is 9.59 Å². The molecule has 206 valence electrons. The number of rotatable bonds is 5. The van der Waals surface area contributed by atoms with E-state index in [1.54, 1.807) is 0 Å². The van der Waals surface area contributed by atoms with Gasteiger partial charge in [-0.15, -0.1) is 0 Å². The highest BCUT2D eigenvalue weighted by Crippen LogP contribution is 2.53. The maximum Gasteiger partial charge on any atom is 0.254 e. The molecule has 0 bridgehead atoms. The molecule has 1 aromatic carbocycles. The number of carbonyl (C=O) groups excluding carboxylic acids is 1. The molecule has 38 heavy (non-hydrogen) atoms. The molecule has 1 unspecified atom stereocenters. The van der Waals surface area contributed by atoms with Gasteiger partial charge in [-0.3, -0.25) is 9.59 Å². The molecule has 3 heterocycles. The van der Waals surface area contributed by atoms with Crippen molar-refractivity contribution in [2.24, 2.45) is 5.92 Å². The maximum atomic E-state index is 14.0. The standard InChI is InChI=1S/C31H43N3O4/c1-17(2)25-23-13-14-34(16-24-18(3)15-19(4)32-29(24)35)30(36)26(23)20(5)27-28(25)38-31(6,37-27)21-9-11-22(12-10-21)33(7)8/h15,17,21-22H,9-14,16H2,1-8H3,(H,32,35)/t21-,22-,31?. The van der Waals surface area contributed by atoms with Crippen LogP contribution in [-0.4, -0.2) is 53.2 Å². The number of aromatic nitrogens is 1. The number of aryl methyl sites for hydroxylation is 2. The number of fused-ring (bicyclic) bond motifs is 2. The number of ether oxygens (including phenoxy) is 2. The van der Waals surface area contributed by atoms with E-state index in [1.807, 2.05) is 31.7 Å². The topological polar surface area (TPSA) is 74.9 Å². The molecular weight excluding hydrogens is 478 g/mol. The van der Waals surface area contributed by atoms with Crippen LogP contribution in [0.4, 0.5) is 0 Å². The lowest BCUT2D eigenvalue weighted by atomic mass is 9.81. The van der Waals surface area contributed by atoms with E-state index in [2.05, 4.69) is 44.8 Å². The van der Waals surface area contributed by atoms with Crippen molar-refractivity contribution in [1.82, 2.24) is 14.8 Å². The Morgan fingerprint density at radius 3 is 2.34 bits per heavy atom. The first kappa shape index (κ1) is 26.8. The van der Waals surface area contributed by atoms with Gasteiger partial charge in [-0.25, -0.2) is 0 Å². The van der Waals surface area contributed by atoms with Crippen molar-refractivity contribution in [2.75, 3.05) is 20.6 Å². The summed E-state index contributed by atoms with van der Waals surface area (Å²) in [5.74, 6) is 1.29. The fourth-order valence-corrected chi connectivity index (χ4v) is 6.92. The summed E-state index contributed by atoms with van der Waals surface area (Å²) >= 11 is 0. The van der Waals surface area contributed by atoms with E-state index in [0.29, 0.717) is 30.6 Å². The number of H-pyrrole nitrogens is 1. The minimum atomic E-state index is -0.729. The summed E-state index contributed by atoms with van der Waals surface area (Å²) in [6, 6.07) is 2.57. The Labute approximate surface area is 226 Å². The Balaban J connectivity index is 1.49. The number of hydrogen-bond donors (Lipinski definition) is 1. The van der Waals surface area contributed by atoms with E-state index in [0.717, 1.165) is 77.1 Å². The molecule has 1 aliphatic carbocycles. The Morgan fingerprint density at radius 1 is 1.08 bits per heavy atom. The Hall–Kier alpha value is -2.80. The van der Waals surface area contributed by atoms with E-state index >= 15 is 0 Å². The Morgan fingerprint density at radius 2 is 1.74 bits per heavy atom. The molecular formula is C31H43N3O4. The summed E-state index contributed by atoms with van der Waals surface area (Å²) < 4.78 is 13.5. The normalized spacial score (nSPS) is 24.9. The molecule has 1 N–H and O–H groups in total. The smallest absolute Gasteiger partial charge is 0.254 e. The van der Waals surface area contributed by atoms with E-state index in [4.69, 9.17) is 9.47 Å². The fourth-order valence-electron chi connectivity index (χ4n) is 6.92. The average molecular weight is 522 g/mol. The number of aromatic amines is 1. The van der Waals surface area contributed by atoms with Crippen molar-refractivity contribution < 1.29 is 14.3 Å². The van der Waals surface area contributed by atoms with Gasteiger partial charge in [0.1, 0.15) is 0 Å². The summed E-state index contributed by atoms with van der Waals surface area (Å²) in [6.07, 6.45) is 5.11. The van der Waals surface area contributed by atoms with Crippen LogP contribution in [0, 0.1) is 26.7 Å². The number of nitrogens with one attached hydrogen (secondary N) is 1. The molecule has 7 heteroatoms. The second-order valence-electron chi connectivity index (χ2n) is 12.3. The lowest BCUT2D eigenvalue weighted by Gasteiger charge is -2.39. The molecule has 1 aromatic heterocycles. The van der Waals surface area contributed by atoms with E-state index in [1.165, 1.54) is 0 Å². The lowest BCUT2D eigenvalue weighted by Crippen LogP contribution is -2.46. The molecule has 2 aromatic rings. The summed E-state index contributed by atoms with van der Waals surface area (Å²) in [7, 11) is 4.31. The molecule has 0 radical (unpaired) electrons. The van der Waals surface area contributed by atoms with Crippen molar-refractivity contribution in [3.63, 3.8) is 0 Å². The summed E-state index contributed by atoms with van der Waals surface area (Å²) in [5.41, 5.74) is 6.03. The predicted molar refractivity (Wildman–Crippen MR) is 149 cm³/mol. The van der Waals surface area contributed by atoms with Crippen molar-refractivity contribution in [3.8, 4) is 11.5 Å². The van der Waals surface area contributed by atoms with Gasteiger partial charge in [-0.1, -0.05) is 13.8 Å². The quantitative estimate of drug-likeness (QED) is 0.583. The molecule has 5 rings (SSSR count). The molecule has 3 aliphatic rings. The van der Waals surface area contributed by atoms with Gasteiger partial charge in [0.05, 0.1) is 6.54 Å². The first-order valence-electron chi connectivity index (χ1n) is 14.1. The van der Waals surface area contributed by atoms with Crippen LogP contribution in [-0.2, 0) is 13.0 Å². The summed E-state index contributed by atoms with van der Waals surface area (Å²) in [4.78, 5) is 33.7. The highest BCUT2D eigenvalue weighted by Gasteiger charge is 2.49. The number of carbonyl (C=O) groups is 1. The number of benzene rings is 1. The maximum absolute atomic E-state index is 14.0. The lowest BCUT2D eigenvalue weighted by molar-refractivity contribution is -0.123. The van der Waals surface area contributed by atoms with Crippen molar-refractivity contribution in [1.29, 1.82) is 0 Å². The van der Waals surface area contributed by atoms with Gasteiger partial charge in [0.2, 0.25) is 0 Å². The van der Waals surface area contributed by atoms with Crippen molar-refractivity contribution in [3.05, 3.63) is 55.5 Å². The Bertz CT molecular complexity index is 1320. The average Bonchev–Trinajstić information content (AvgIpc) is 3.21. The largest absolute Gasteiger partial charge is 0.448 e. The predicted octanol–water partition coefficient (Wildman–Crippen LogP) is 5.23. The number of nitrogens with zero attached hydrogens (tertiary/aromatic N) is 2. The van der Waals surface area contributed by atoms with Crippen molar-refractivity contribution in [2.45, 2.75) is 97.9 Å². The molecule has 1 amide bonds. The van der Waals surface area contributed by atoms with Gasteiger partial charge >= 0.3 is 0 Å². The van der Waals surface area contributed by atoms with Crippen LogP contribution >= 0.6 is 0 Å². The van der Waals surface area contributed by atoms with Crippen LogP contribution < -0.4 is 15.0 Å². The Kier molecular flexibility index (Phi) is 6.87. The van der Waals surface area contributed by atoms with Gasteiger partial charge in [0.15, 0.2) is 11.5 Å². The van der Waals surface area contributed by atoms with Crippen LogP contribution in [0.25, 0.3) is 0 Å². The highest BCUT2D eigenvalue weighted by atomic mass is 16.7. The number of hydrogen-bond acceptors (Lipinski definition) is 5. The van der Waals surface area contributed by atoms with Crippen LogP contribution in [0.15, 0.2) is 10.9 Å². The van der Waals surface area contributed by atoms with Gasteiger partial charge in [0.25, 0.3) is 17.3 Å². The molecule has 1 atom stereocenters. The number of amides is 1. The van der Waals surface area contributed by atoms with Gasteiger partial charge in [-0.05, 0) is 90.1 Å². The molecule has 0 spiro atoms. The third-order valence-electron chi connectivity index (χ3n) is 9.12. The van der Waals surface area contributed by atoms with E-state index < -0.39 is 5.79 Å². The van der Waals surface area contributed by atoms with Crippen LogP contribution in [0.2, 0.25) is 0 Å². The fraction of sp³-hybridized carbons (Fsp3) is 0.613. The van der Waals surface area contributed by atoms with Crippen LogP contribution in [0.1, 0.15) is 96.2 Å². The highest BCUT2D eigenvalue weighted by molar-refractivity contribution is 6.00. The van der Waals surface area contributed by atoms with Crippen LogP contribution in [0.5, 0.6) is 11.5 Å². The van der Waals surface area contributed by atoms with Crippen molar-refractivity contribution >= 4 is 5.91 Å². The van der Waals surface area contributed by atoms with Gasteiger partial charge in [0, 0.05) is 53.4 Å². The summed E-state index contributed by atoms with van der Waals surface area (Å²) in [5, 5.41) is 0. The third-order valence-corrected chi connectivity index (χ3v) is 9.12. The molecule has 7 nitrogen and oxygen atoms in total. The zero-order valence-corrected chi connectivity index (χ0v) is 24.3. The third kappa shape index (κ3) is 4.42. The zero-order chi connectivity index (χ0) is 27.5. The SMILES string of the molecule is Cc1cc(C)c(CN2CCc3c(c(C)c4c(c3C(C)C)OC(C)([C@H]3CC[C@H](N(C)C)CC3)O4)C2=O)c(=O)[nH]1. The zero-order valence-electron chi connectivity index (χ0n) is 24.3. The first-order valence-corrected chi connectivity index (χ1v) is 14.1.